The predicted molar refractivity (Wildman–Crippen MR) is 111 cm³/mol. The molecule has 0 radical (unpaired) electrons. The van der Waals surface area contributed by atoms with Gasteiger partial charge in [0.15, 0.2) is 0 Å². The molecule has 0 bridgehead atoms. The van der Waals surface area contributed by atoms with Crippen LogP contribution in [0.1, 0.15) is 34.9 Å². The number of H-pyrrole nitrogens is 1. The summed E-state index contributed by atoms with van der Waals surface area (Å²) in [7, 11) is -0.627. The number of fused-ring (bicyclic) bond motifs is 1. The van der Waals surface area contributed by atoms with Crippen molar-refractivity contribution in [1.29, 1.82) is 0 Å². The second kappa shape index (κ2) is 7.61. The van der Waals surface area contributed by atoms with E-state index in [1.54, 1.807) is 17.0 Å². The number of nitrogens with one attached hydrogen (secondary N) is 1. The summed E-state index contributed by atoms with van der Waals surface area (Å²) in [4.78, 5) is 23.1. The molecule has 1 fully saturated rings. The maximum Gasteiger partial charge on any atom is 0.253 e. The van der Waals surface area contributed by atoms with Gasteiger partial charge < -0.3 is 9.88 Å². The zero-order valence-corrected chi connectivity index (χ0v) is 17.3. The van der Waals surface area contributed by atoms with Crippen molar-refractivity contribution in [3.63, 3.8) is 0 Å². The Morgan fingerprint density at radius 2 is 1.97 bits per heavy atom. The van der Waals surface area contributed by atoms with Crippen LogP contribution in [0.4, 0.5) is 0 Å². The number of amides is 1. The molecule has 1 atom stereocenters. The largest absolute Gasteiger partial charge is 0.342 e. The lowest BCUT2D eigenvalue weighted by molar-refractivity contribution is 0.0704. The number of hydrogen-bond donors (Lipinski definition) is 1. The predicted octanol–water partition coefficient (Wildman–Crippen LogP) is 2.83. The van der Waals surface area contributed by atoms with E-state index in [0.717, 1.165) is 34.0 Å². The Labute approximate surface area is 170 Å². The number of hydrogen-bond acceptors (Lipinski definition) is 4. The van der Waals surface area contributed by atoms with E-state index < -0.39 is 10.0 Å². The molecule has 1 aliphatic heterocycles. The van der Waals surface area contributed by atoms with Crippen LogP contribution >= 0.6 is 0 Å². The third kappa shape index (κ3) is 3.77. The molecule has 2 heterocycles. The van der Waals surface area contributed by atoms with Crippen LogP contribution in [0, 0.1) is 0 Å². The molecule has 1 N–H and O–H groups in total. The van der Waals surface area contributed by atoms with Crippen LogP contribution in [0.25, 0.3) is 11.0 Å². The number of sulfonamides is 1. The first kappa shape index (κ1) is 19.6. The number of nitrogens with zero attached hydrogens (tertiary/aromatic N) is 3. The fourth-order valence-corrected chi connectivity index (χ4v) is 4.68. The van der Waals surface area contributed by atoms with Crippen molar-refractivity contribution in [2.75, 3.05) is 27.2 Å². The van der Waals surface area contributed by atoms with Gasteiger partial charge in [-0.1, -0.05) is 18.2 Å². The molecule has 1 aromatic heterocycles. The van der Waals surface area contributed by atoms with Gasteiger partial charge in [0.25, 0.3) is 5.91 Å². The van der Waals surface area contributed by atoms with Gasteiger partial charge in [0, 0.05) is 38.7 Å². The van der Waals surface area contributed by atoms with Crippen LogP contribution in [0.5, 0.6) is 0 Å². The summed E-state index contributed by atoms with van der Waals surface area (Å²) < 4.78 is 25.9. The quantitative estimate of drug-likeness (QED) is 0.714. The third-order valence-corrected chi connectivity index (χ3v) is 7.17. The smallest absolute Gasteiger partial charge is 0.253 e. The molecule has 0 spiro atoms. The SMILES string of the molecule is CN(C)S(=O)(=O)c1cccc(C(=O)N2CCC[C@H](c3nc4ccccc4[nH]3)C2)c1. The van der Waals surface area contributed by atoms with Gasteiger partial charge in [-0.05, 0) is 43.2 Å². The molecule has 2 aromatic carbocycles. The maximum absolute atomic E-state index is 13.1. The van der Waals surface area contributed by atoms with Gasteiger partial charge in [-0.2, -0.15) is 0 Å². The second-order valence-corrected chi connectivity index (χ2v) is 9.70. The Bertz CT molecular complexity index is 1120. The summed E-state index contributed by atoms with van der Waals surface area (Å²) in [6, 6.07) is 14.1. The van der Waals surface area contributed by atoms with Crippen LogP contribution < -0.4 is 0 Å². The standard InChI is InChI=1S/C21H24N4O3S/c1-24(2)29(27,28)17-9-5-7-15(13-17)21(26)25-12-6-8-16(14-25)20-22-18-10-3-4-11-19(18)23-20/h3-5,7,9-11,13,16H,6,8,12,14H2,1-2H3,(H,22,23)/t16-/m0/s1. The lowest BCUT2D eigenvalue weighted by Crippen LogP contribution is -2.39. The lowest BCUT2D eigenvalue weighted by Gasteiger charge is -2.32. The summed E-state index contributed by atoms with van der Waals surface area (Å²) in [5.41, 5.74) is 2.30. The fourth-order valence-electron chi connectivity index (χ4n) is 3.73. The molecule has 1 aliphatic rings. The second-order valence-electron chi connectivity index (χ2n) is 7.54. The van der Waals surface area contributed by atoms with Crippen molar-refractivity contribution in [3.8, 4) is 0 Å². The average Bonchev–Trinajstić information content (AvgIpc) is 3.17. The van der Waals surface area contributed by atoms with Gasteiger partial charge in [0.2, 0.25) is 10.0 Å². The number of carbonyl (C=O) groups is 1. The zero-order chi connectivity index (χ0) is 20.6. The molecular formula is C21H24N4O3S. The normalized spacial score (nSPS) is 17.8. The molecule has 152 valence electrons. The van der Waals surface area contributed by atoms with Gasteiger partial charge in [0.05, 0.1) is 15.9 Å². The Balaban J connectivity index is 1.56. The summed E-state index contributed by atoms with van der Waals surface area (Å²) in [6.45, 7) is 1.21. The number of aromatic nitrogens is 2. The number of aromatic amines is 1. The summed E-state index contributed by atoms with van der Waals surface area (Å²) in [6.07, 6.45) is 1.84. The highest BCUT2D eigenvalue weighted by Gasteiger charge is 2.28. The molecule has 8 heteroatoms. The first-order valence-electron chi connectivity index (χ1n) is 9.63. The highest BCUT2D eigenvalue weighted by molar-refractivity contribution is 7.89. The van der Waals surface area contributed by atoms with Crippen molar-refractivity contribution in [2.45, 2.75) is 23.7 Å². The number of benzene rings is 2. The van der Waals surface area contributed by atoms with E-state index in [9.17, 15) is 13.2 Å². The van der Waals surface area contributed by atoms with E-state index in [4.69, 9.17) is 4.98 Å². The van der Waals surface area contributed by atoms with E-state index >= 15 is 0 Å². The fraction of sp³-hybridized carbons (Fsp3) is 0.333. The third-order valence-electron chi connectivity index (χ3n) is 5.36. The van der Waals surface area contributed by atoms with E-state index in [0.29, 0.717) is 18.7 Å². The molecular weight excluding hydrogens is 388 g/mol. The number of rotatable bonds is 4. The molecule has 3 aromatic rings. The van der Waals surface area contributed by atoms with Crippen molar-refractivity contribution in [3.05, 3.63) is 59.9 Å². The number of carbonyl (C=O) groups excluding carboxylic acids is 1. The minimum Gasteiger partial charge on any atom is -0.342 e. The maximum atomic E-state index is 13.1. The van der Waals surface area contributed by atoms with Crippen LogP contribution in [-0.2, 0) is 10.0 Å². The molecule has 0 saturated carbocycles. The number of piperidine rings is 1. The number of para-hydroxylation sites is 2. The van der Waals surface area contributed by atoms with Crippen LogP contribution in [0.15, 0.2) is 53.4 Å². The highest BCUT2D eigenvalue weighted by Crippen LogP contribution is 2.28. The van der Waals surface area contributed by atoms with Crippen LogP contribution in [-0.4, -0.2) is 60.7 Å². The molecule has 29 heavy (non-hydrogen) atoms. The Morgan fingerprint density at radius 1 is 1.17 bits per heavy atom. The molecule has 0 unspecified atom stereocenters. The summed E-state index contributed by atoms with van der Waals surface area (Å²) in [5, 5.41) is 0. The lowest BCUT2D eigenvalue weighted by atomic mass is 9.96. The van der Waals surface area contributed by atoms with E-state index in [1.165, 1.54) is 26.2 Å². The minimum absolute atomic E-state index is 0.124. The first-order chi connectivity index (χ1) is 13.9. The number of likely N-dealkylation sites (tertiary alicyclic amines) is 1. The zero-order valence-electron chi connectivity index (χ0n) is 16.5. The molecule has 1 amide bonds. The molecule has 1 saturated heterocycles. The van der Waals surface area contributed by atoms with E-state index in [2.05, 4.69) is 4.98 Å². The Kier molecular flexibility index (Phi) is 5.14. The monoisotopic (exact) mass is 412 g/mol. The van der Waals surface area contributed by atoms with Crippen molar-refractivity contribution < 1.29 is 13.2 Å². The van der Waals surface area contributed by atoms with Gasteiger partial charge in [0.1, 0.15) is 5.82 Å². The van der Waals surface area contributed by atoms with Gasteiger partial charge in [-0.15, -0.1) is 0 Å². The Morgan fingerprint density at radius 3 is 2.72 bits per heavy atom. The summed E-state index contributed by atoms with van der Waals surface area (Å²) >= 11 is 0. The van der Waals surface area contributed by atoms with Crippen molar-refractivity contribution in [2.24, 2.45) is 0 Å². The van der Waals surface area contributed by atoms with Crippen molar-refractivity contribution >= 4 is 27.0 Å². The first-order valence-corrected chi connectivity index (χ1v) is 11.1. The van der Waals surface area contributed by atoms with Crippen molar-refractivity contribution in [1.82, 2.24) is 19.2 Å². The van der Waals surface area contributed by atoms with Gasteiger partial charge in [-0.25, -0.2) is 17.7 Å². The molecule has 7 nitrogen and oxygen atoms in total. The van der Waals surface area contributed by atoms with Crippen LogP contribution in [0.3, 0.4) is 0 Å². The topological polar surface area (TPSA) is 86.4 Å². The van der Waals surface area contributed by atoms with E-state index in [-0.39, 0.29) is 16.7 Å². The van der Waals surface area contributed by atoms with Gasteiger partial charge >= 0.3 is 0 Å². The number of imidazole rings is 1. The Hall–Kier alpha value is -2.71. The highest BCUT2D eigenvalue weighted by atomic mass is 32.2. The average molecular weight is 413 g/mol. The molecule has 0 aliphatic carbocycles. The summed E-state index contributed by atoms with van der Waals surface area (Å²) in [5.74, 6) is 0.878. The van der Waals surface area contributed by atoms with E-state index in [1.807, 2.05) is 24.3 Å². The van der Waals surface area contributed by atoms with Crippen LogP contribution in [0.2, 0.25) is 0 Å². The molecule has 4 rings (SSSR count). The van der Waals surface area contributed by atoms with Gasteiger partial charge in [-0.3, -0.25) is 4.79 Å². The minimum atomic E-state index is -3.58.